The summed E-state index contributed by atoms with van der Waals surface area (Å²) >= 11 is 5.72. The minimum absolute atomic E-state index is 0.0431. The van der Waals surface area contributed by atoms with Gasteiger partial charge in [0.25, 0.3) is 0 Å². The van der Waals surface area contributed by atoms with Gasteiger partial charge in [-0.1, -0.05) is 23.7 Å². The fraction of sp³-hybridized carbons (Fsp3) is 0.188. The standard InChI is InChI=1S/C16H16ClNO6S/c17-12-3-7-14(8-4-12)25(22,23)18-9-15(19)11-1-5-13(6-2-11)24-10-16(20)21/h1-8,15,18-19H,9-10H2,(H,20,21). The molecule has 0 heterocycles. The van der Waals surface area contributed by atoms with Gasteiger partial charge in [0.05, 0.1) is 11.0 Å². The lowest BCUT2D eigenvalue weighted by molar-refractivity contribution is -0.139. The number of ether oxygens (including phenoxy) is 1. The highest BCUT2D eigenvalue weighted by Gasteiger charge is 2.16. The number of hydrogen-bond donors (Lipinski definition) is 3. The van der Waals surface area contributed by atoms with Crippen molar-refractivity contribution in [2.24, 2.45) is 0 Å². The number of halogens is 1. The molecule has 0 aliphatic carbocycles. The molecule has 2 aromatic carbocycles. The third-order valence-electron chi connectivity index (χ3n) is 3.22. The Labute approximate surface area is 149 Å². The van der Waals surface area contributed by atoms with Gasteiger partial charge in [-0.15, -0.1) is 0 Å². The summed E-state index contributed by atoms with van der Waals surface area (Å²) in [5.41, 5.74) is 0.460. The van der Waals surface area contributed by atoms with E-state index in [1.807, 2.05) is 0 Å². The number of benzene rings is 2. The number of aliphatic hydroxyl groups excluding tert-OH is 1. The number of aliphatic carboxylic acids is 1. The largest absolute Gasteiger partial charge is 0.482 e. The number of aliphatic hydroxyl groups is 1. The first kappa shape index (κ1) is 19.2. The van der Waals surface area contributed by atoms with Gasteiger partial charge >= 0.3 is 5.97 Å². The van der Waals surface area contributed by atoms with Crippen molar-refractivity contribution < 1.29 is 28.2 Å². The summed E-state index contributed by atoms with van der Waals surface area (Å²) in [6, 6.07) is 11.7. The molecule has 0 aliphatic rings. The lowest BCUT2D eigenvalue weighted by Gasteiger charge is -2.13. The average molecular weight is 386 g/mol. The highest BCUT2D eigenvalue weighted by atomic mass is 35.5. The lowest BCUT2D eigenvalue weighted by Crippen LogP contribution is -2.28. The number of carboxylic acids is 1. The molecule has 1 atom stereocenters. The van der Waals surface area contributed by atoms with Crippen LogP contribution in [0, 0.1) is 0 Å². The van der Waals surface area contributed by atoms with Crippen molar-refractivity contribution in [2.45, 2.75) is 11.0 Å². The molecule has 134 valence electrons. The van der Waals surface area contributed by atoms with Crippen molar-refractivity contribution in [2.75, 3.05) is 13.2 Å². The zero-order valence-corrected chi connectivity index (χ0v) is 14.5. The first-order valence-corrected chi connectivity index (χ1v) is 9.02. The van der Waals surface area contributed by atoms with Crippen LogP contribution in [0.2, 0.25) is 5.02 Å². The van der Waals surface area contributed by atoms with Gasteiger partial charge < -0.3 is 14.9 Å². The fourth-order valence-corrected chi connectivity index (χ4v) is 3.10. The lowest BCUT2D eigenvalue weighted by atomic mass is 10.1. The molecule has 7 nitrogen and oxygen atoms in total. The maximum Gasteiger partial charge on any atom is 0.341 e. The summed E-state index contributed by atoms with van der Waals surface area (Å²) in [6.45, 7) is -0.691. The Morgan fingerprint density at radius 3 is 2.28 bits per heavy atom. The molecule has 0 saturated heterocycles. The normalized spacial score (nSPS) is 12.6. The van der Waals surface area contributed by atoms with Gasteiger partial charge in [-0.25, -0.2) is 17.9 Å². The molecule has 2 aromatic rings. The molecule has 1 unspecified atom stereocenters. The molecule has 0 radical (unpaired) electrons. The van der Waals surface area contributed by atoms with Gasteiger partial charge in [0.15, 0.2) is 6.61 Å². The zero-order valence-electron chi connectivity index (χ0n) is 12.9. The number of rotatable bonds is 8. The van der Waals surface area contributed by atoms with Crippen LogP contribution in [0.25, 0.3) is 0 Å². The van der Waals surface area contributed by atoms with Gasteiger partial charge in [0.2, 0.25) is 10.0 Å². The van der Waals surface area contributed by atoms with Crippen molar-refractivity contribution in [3.8, 4) is 5.75 Å². The summed E-state index contributed by atoms with van der Waals surface area (Å²) in [6.07, 6.45) is -1.07. The van der Waals surface area contributed by atoms with Crippen molar-refractivity contribution in [3.05, 3.63) is 59.1 Å². The fourth-order valence-electron chi connectivity index (χ4n) is 1.93. The van der Waals surface area contributed by atoms with E-state index >= 15 is 0 Å². The molecule has 25 heavy (non-hydrogen) atoms. The predicted molar refractivity (Wildman–Crippen MR) is 91.2 cm³/mol. The van der Waals surface area contributed by atoms with Gasteiger partial charge in [-0.2, -0.15) is 0 Å². The van der Waals surface area contributed by atoms with Crippen LogP contribution in [0.4, 0.5) is 0 Å². The van der Waals surface area contributed by atoms with E-state index < -0.39 is 28.7 Å². The minimum atomic E-state index is -3.77. The SMILES string of the molecule is O=C(O)COc1ccc(C(O)CNS(=O)(=O)c2ccc(Cl)cc2)cc1. The van der Waals surface area contributed by atoms with E-state index in [1.54, 1.807) is 0 Å². The molecule has 3 N–H and O–H groups in total. The van der Waals surface area contributed by atoms with Crippen molar-refractivity contribution >= 4 is 27.6 Å². The van der Waals surface area contributed by atoms with E-state index in [-0.39, 0.29) is 11.4 Å². The summed E-state index contributed by atoms with van der Waals surface area (Å²) in [5, 5.41) is 19.1. The molecule has 0 spiro atoms. The predicted octanol–water partition coefficient (Wildman–Crippen LogP) is 1.82. The quantitative estimate of drug-likeness (QED) is 0.638. The molecule has 9 heteroatoms. The van der Waals surface area contributed by atoms with Crippen LogP contribution in [-0.2, 0) is 14.8 Å². The van der Waals surface area contributed by atoms with E-state index in [2.05, 4.69) is 4.72 Å². The summed E-state index contributed by atoms with van der Waals surface area (Å²) in [7, 11) is -3.77. The summed E-state index contributed by atoms with van der Waals surface area (Å²) in [5.74, 6) is -0.763. The molecule has 2 rings (SSSR count). The number of carboxylic acid groups (broad SMARTS) is 1. The van der Waals surface area contributed by atoms with E-state index in [1.165, 1.54) is 48.5 Å². The summed E-state index contributed by atoms with van der Waals surface area (Å²) in [4.78, 5) is 10.5. The van der Waals surface area contributed by atoms with E-state index in [0.29, 0.717) is 16.3 Å². The topological polar surface area (TPSA) is 113 Å². The highest BCUT2D eigenvalue weighted by Crippen LogP contribution is 2.19. The Bertz CT molecular complexity index is 821. The van der Waals surface area contributed by atoms with E-state index in [9.17, 15) is 18.3 Å². The third kappa shape index (κ3) is 5.71. The van der Waals surface area contributed by atoms with Crippen LogP contribution in [-0.4, -0.2) is 37.8 Å². The number of nitrogens with one attached hydrogen (secondary N) is 1. The minimum Gasteiger partial charge on any atom is -0.482 e. The smallest absolute Gasteiger partial charge is 0.341 e. The Morgan fingerprint density at radius 1 is 1.12 bits per heavy atom. The Morgan fingerprint density at radius 2 is 1.72 bits per heavy atom. The molecule has 0 aromatic heterocycles. The maximum atomic E-state index is 12.1. The van der Waals surface area contributed by atoms with E-state index in [4.69, 9.17) is 21.4 Å². The molecule has 0 amide bonds. The Hall–Kier alpha value is -2.13. The first-order valence-electron chi connectivity index (χ1n) is 7.16. The van der Waals surface area contributed by atoms with Crippen molar-refractivity contribution in [1.82, 2.24) is 4.72 Å². The monoisotopic (exact) mass is 385 g/mol. The number of sulfonamides is 1. The van der Waals surface area contributed by atoms with Crippen LogP contribution < -0.4 is 9.46 Å². The maximum absolute atomic E-state index is 12.1. The van der Waals surface area contributed by atoms with Crippen molar-refractivity contribution in [3.63, 3.8) is 0 Å². The van der Waals surface area contributed by atoms with Crippen LogP contribution in [0.15, 0.2) is 53.4 Å². The van der Waals surface area contributed by atoms with Gasteiger partial charge in [-0.3, -0.25) is 0 Å². The molecular weight excluding hydrogens is 370 g/mol. The summed E-state index contributed by atoms with van der Waals surface area (Å²) < 4.78 is 31.6. The van der Waals surface area contributed by atoms with Crippen LogP contribution in [0.3, 0.4) is 0 Å². The van der Waals surface area contributed by atoms with Crippen LogP contribution >= 0.6 is 11.6 Å². The average Bonchev–Trinajstić information content (AvgIpc) is 2.59. The second-order valence-corrected chi connectivity index (χ2v) is 7.28. The van der Waals surface area contributed by atoms with Gasteiger partial charge in [-0.05, 0) is 42.0 Å². The first-order chi connectivity index (χ1) is 11.8. The van der Waals surface area contributed by atoms with Crippen molar-refractivity contribution in [1.29, 1.82) is 0 Å². The Balaban J connectivity index is 1.96. The van der Waals surface area contributed by atoms with Gasteiger partial charge in [0, 0.05) is 11.6 Å². The second-order valence-electron chi connectivity index (χ2n) is 5.07. The zero-order chi connectivity index (χ0) is 18.4. The van der Waals surface area contributed by atoms with E-state index in [0.717, 1.165) is 0 Å². The Kier molecular flexibility index (Phi) is 6.38. The third-order valence-corrected chi connectivity index (χ3v) is 4.91. The van der Waals surface area contributed by atoms with Gasteiger partial charge in [0.1, 0.15) is 5.75 Å². The molecular formula is C16H16ClNO6S. The molecule has 0 bridgehead atoms. The van der Waals surface area contributed by atoms with Crippen LogP contribution in [0.5, 0.6) is 5.75 Å². The van der Waals surface area contributed by atoms with Crippen LogP contribution in [0.1, 0.15) is 11.7 Å². The highest BCUT2D eigenvalue weighted by molar-refractivity contribution is 7.89. The second kappa shape index (κ2) is 8.30. The molecule has 0 saturated carbocycles. The number of hydrogen-bond acceptors (Lipinski definition) is 5. The molecule has 0 fully saturated rings. The molecule has 0 aliphatic heterocycles. The number of carbonyl (C=O) groups is 1.